The number of rotatable bonds is 50. The van der Waals surface area contributed by atoms with Crippen LogP contribution >= 0.6 is 0 Å². The number of carbonyl (C=O) groups excluding carboxylic acids is 1. The molecular formula is C46H92O9. The third-order valence-corrected chi connectivity index (χ3v) is 9.85. The van der Waals surface area contributed by atoms with Crippen LogP contribution in [-0.4, -0.2) is 105 Å². The molecule has 0 fully saturated rings. The Balaban J connectivity index is 3.12. The molecule has 0 aromatic heterocycles. The van der Waals surface area contributed by atoms with Gasteiger partial charge in [0.15, 0.2) is 0 Å². The van der Waals surface area contributed by atoms with Crippen LogP contribution in [0.25, 0.3) is 0 Å². The minimum Gasteiger partial charge on any atom is -0.463 e. The monoisotopic (exact) mass is 789 g/mol. The van der Waals surface area contributed by atoms with E-state index in [1.165, 1.54) is 154 Å². The van der Waals surface area contributed by atoms with Crippen LogP contribution in [0.2, 0.25) is 0 Å². The molecule has 0 saturated heterocycles. The van der Waals surface area contributed by atoms with Gasteiger partial charge in [0.2, 0.25) is 0 Å². The van der Waals surface area contributed by atoms with Gasteiger partial charge in [-0.05, 0) is 12.8 Å². The minimum absolute atomic E-state index is 0.122. The maximum atomic E-state index is 11.9. The first kappa shape index (κ1) is 54.2. The van der Waals surface area contributed by atoms with Crippen molar-refractivity contribution in [3.8, 4) is 0 Å². The topological polar surface area (TPSA) is 90.9 Å². The van der Waals surface area contributed by atoms with Crippen molar-refractivity contribution in [1.82, 2.24) is 0 Å². The largest absolute Gasteiger partial charge is 0.463 e. The number of carbonyl (C=O) groups is 1. The highest BCUT2D eigenvalue weighted by molar-refractivity contribution is 5.69. The molecule has 0 bridgehead atoms. The van der Waals surface area contributed by atoms with Gasteiger partial charge in [0.1, 0.15) is 6.61 Å². The normalized spacial score (nSPS) is 11.5. The second kappa shape index (κ2) is 51.2. The molecule has 0 aliphatic rings. The van der Waals surface area contributed by atoms with Crippen molar-refractivity contribution in [1.29, 1.82) is 0 Å². The molecular weight excluding hydrogens is 696 g/mol. The van der Waals surface area contributed by atoms with Gasteiger partial charge in [0.05, 0.1) is 85.9 Å². The van der Waals surface area contributed by atoms with Crippen molar-refractivity contribution in [2.75, 3.05) is 99.1 Å². The Hall–Kier alpha value is -0.810. The fourth-order valence-corrected chi connectivity index (χ4v) is 6.39. The number of hydrogen-bond donors (Lipinski definition) is 0. The number of ether oxygens (including phenoxy) is 8. The maximum Gasteiger partial charge on any atom is 0.305 e. The SMILES string of the molecule is CCCCCCCCCCCCCCCCOCCOCCOCCOCCOCCOCCOCCOC(=O)CCCCCCCCCCCCCCC. The molecule has 0 aliphatic carbocycles. The van der Waals surface area contributed by atoms with Gasteiger partial charge in [-0.15, -0.1) is 0 Å². The lowest BCUT2D eigenvalue weighted by molar-refractivity contribution is -0.145. The smallest absolute Gasteiger partial charge is 0.305 e. The van der Waals surface area contributed by atoms with Crippen molar-refractivity contribution in [2.45, 2.75) is 194 Å². The molecule has 0 radical (unpaired) electrons. The van der Waals surface area contributed by atoms with E-state index in [2.05, 4.69) is 13.8 Å². The van der Waals surface area contributed by atoms with E-state index in [0.29, 0.717) is 98.9 Å². The van der Waals surface area contributed by atoms with Crippen molar-refractivity contribution < 1.29 is 42.7 Å². The minimum atomic E-state index is -0.122. The molecule has 0 heterocycles. The van der Waals surface area contributed by atoms with E-state index in [4.69, 9.17) is 37.9 Å². The van der Waals surface area contributed by atoms with Crippen LogP contribution in [0.4, 0.5) is 0 Å². The zero-order valence-corrected chi connectivity index (χ0v) is 36.6. The second-order valence-corrected chi connectivity index (χ2v) is 15.1. The molecule has 0 spiro atoms. The van der Waals surface area contributed by atoms with Crippen LogP contribution in [0.5, 0.6) is 0 Å². The van der Waals surface area contributed by atoms with Gasteiger partial charge in [0, 0.05) is 13.0 Å². The van der Waals surface area contributed by atoms with Crippen LogP contribution < -0.4 is 0 Å². The van der Waals surface area contributed by atoms with Crippen molar-refractivity contribution in [3.63, 3.8) is 0 Å². The number of esters is 1. The zero-order chi connectivity index (χ0) is 39.6. The molecule has 0 aromatic carbocycles. The predicted molar refractivity (Wildman–Crippen MR) is 227 cm³/mol. The Kier molecular flexibility index (Phi) is 50.5. The summed E-state index contributed by atoms with van der Waals surface area (Å²) in [6.45, 7) is 12.6. The Morgan fingerprint density at radius 3 is 0.764 bits per heavy atom. The molecule has 0 unspecified atom stereocenters. The number of hydrogen-bond acceptors (Lipinski definition) is 9. The molecule has 55 heavy (non-hydrogen) atoms. The lowest BCUT2D eigenvalue weighted by Crippen LogP contribution is -2.15. The van der Waals surface area contributed by atoms with E-state index in [0.717, 1.165) is 25.9 Å². The van der Waals surface area contributed by atoms with Gasteiger partial charge in [-0.3, -0.25) is 4.79 Å². The van der Waals surface area contributed by atoms with Crippen molar-refractivity contribution >= 4 is 5.97 Å². The summed E-state index contributed by atoms with van der Waals surface area (Å²) in [4.78, 5) is 11.9. The Morgan fingerprint density at radius 2 is 0.473 bits per heavy atom. The standard InChI is InChI=1S/C46H92O9/c1-3-5-7-9-11-13-15-17-19-21-23-25-27-29-31-48-32-33-49-34-35-50-36-37-51-38-39-52-40-41-53-42-43-54-44-45-55-46(47)30-28-26-24-22-20-18-16-14-12-10-8-6-4-2/h3-45H2,1-2H3. The molecule has 0 saturated carbocycles. The van der Waals surface area contributed by atoms with E-state index in [-0.39, 0.29) is 5.97 Å². The van der Waals surface area contributed by atoms with E-state index < -0.39 is 0 Å². The second-order valence-electron chi connectivity index (χ2n) is 15.1. The summed E-state index contributed by atoms with van der Waals surface area (Å²) >= 11 is 0. The lowest BCUT2D eigenvalue weighted by Gasteiger charge is -2.09. The van der Waals surface area contributed by atoms with Gasteiger partial charge in [-0.2, -0.15) is 0 Å². The van der Waals surface area contributed by atoms with E-state index in [1.54, 1.807) is 0 Å². The van der Waals surface area contributed by atoms with Crippen LogP contribution in [0.1, 0.15) is 194 Å². The molecule has 9 heteroatoms. The van der Waals surface area contributed by atoms with Gasteiger partial charge in [-0.25, -0.2) is 0 Å². The highest BCUT2D eigenvalue weighted by Gasteiger charge is 2.03. The zero-order valence-electron chi connectivity index (χ0n) is 36.6. The van der Waals surface area contributed by atoms with Crippen LogP contribution in [-0.2, 0) is 42.7 Å². The first-order valence-corrected chi connectivity index (χ1v) is 23.5. The predicted octanol–water partition coefficient (Wildman–Crippen LogP) is 11.6. The Labute approximate surface area is 340 Å². The van der Waals surface area contributed by atoms with Gasteiger partial charge in [0.25, 0.3) is 0 Å². The van der Waals surface area contributed by atoms with E-state index in [1.807, 2.05) is 0 Å². The summed E-state index contributed by atoms with van der Waals surface area (Å²) in [7, 11) is 0. The van der Waals surface area contributed by atoms with Crippen LogP contribution in [0, 0.1) is 0 Å². The molecule has 0 aromatic rings. The maximum absolute atomic E-state index is 11.9. The van der Waals surface area contributed by atoms with Gasteiger partial charge >= 0.3 is 5.97 Å². The van der Waals surface area contributed by atoms with Crippen LogP contribution in [0.3, 0.4) is 0 Å². The highest BCUT2D eigenvalue weighted by Crippen LogP contribution is 2.14. The average Bonchev–Trinajstić information content (AvgIpc) is 3.19. The first-order valence-electron chi connectivity index (χ1n) is 23.5. The summed E-state index contributed by atoms with van der Waals surface area (Å²) < 4.78 is 44.1. The third kappa shape index (κ3) is 51.2. The summed E-state index contributed by atoms with van der Waals surface area (Å²) in [6, 6.07) is 0. The van der Waals surface area contributed by atoms with E-state index >= 15 is 0 Å². The first-order chi connectivity index (χ1) is 27.3. The van der Waals surface area contributed by atoms with Gasteiger partial charge < -0.3 is 37.9 Å². The summed E-state index contributed by atoms with van der Waals surface area (Å²) in [5.41, 5.74) is 0. The fourth-order valence-electron chi connectivity index (χ4n) is 6.39. The van der Waals surface area contributed by atoms with Crippen molar-refractivity contribution in [2.24, 2.45) is 0 Å². The quantitative estimate of drug-likeness (QED) is 0.0441. The highest BCUT2D eigenvalue weighted by atomic mass is 16.6. The Morgan fingerprint density at radius 1 is 0.255 bits per heavy atom. The molecule has 0 aliphatic heterocycles. The van der Waals surface area contributed by atoms with Crippen LogP contribution in [0.15, 0.2) is 0 Å². The molecule has 9 nitrogen and oxygen atoms in total. The average molecular weight is 789 g/mol. The molecule has 330 valence electrons. The van der Waals surface area contributed by atoms with Crippen molar-refractivity contribution in [3.05, 3.63) is 0 Å². The molecule has 0 N–H and O–H groups in total. The Bertz CT molecular complexity index is 696. The lowest BCUT2D eigenvalue weighted by atomic mass is 10.0. The van der Waals surface area contributed by atoms with Gasteiger partial charge in [-0.1, -0.05) is 174 Å². The number of unbranched alkanes of at least 4 members (excludes halogenated alkanes) is 25. The summed E-state index contributed by atoms with van der Waals surface area (Å²) in [5, 5.41) is 0. The summed E-state index contributed by atoms with van der Waals surface area (Å²) in [6.07, 6.45) is 36.7. The molecule has 0 rings (SSSR count). The fraction of sp³-hybridized carbons (Fsp3) is 0.978. The molecule has 0 amide bonds. The van der Waals surface area contributed by atoms with E-state index in [9.17, 15) is 4.79 Å². The summed E-state index contributed by atoms with van der Waals surface area (Å²) in [5.74, 6) is -0.122. The molecule has 0 atom stereocenters. The third-order valence-electron chi connectivity index (χ3n) is 9.85.